The molecular weight excluding hydrogens is 339 g/mol. The molecule has 0 radical (unpaired) electrons. The maximum Gasteiger partial charge on any atom is 0.368 e. The van der Waals surface area contributed by atoms with Crippen molar-refractivity contribution in [1.82, 2.24) is 4.90 Å². The number of hydrogen-bond acceptors (Lipinski definition) is 4. The molecule has 26 heavy (non-hydrogen) atoms. The number of carbonyl (C=O) groups is 3. The van der Waals surface area contributed by atoms with Crippen LogP contribution in [0.1, 0.15) is 38.8 Å². The van der Waals surface area contributed by atoms with E-state index >= 15 is 0 Å². The molecule has 1 aromatic carbocycles. The maximum atomic E-state index is 14.5. The Balaban J connectivity index is 2.15. The van der Waals surface area contributed by atoms with Gasteiger partial charge in [0.2, 0.25) is 17.4 Å². The van der Waals surface area contributed by atoms with Gasteiger partial charge in [-0.3, -0.25) is 14.5 Å². The van der Waals surface area contributed by atoms with E-state index in [1.165, 1.54) is 11.0 Å². The number of quaternary nitrogens is 1. The van der Waals surface area contributed by atoms with Crippen LogP contribution in [0.4, 0.5) is 4.39 Å². The first-order valence-corrected chi connectivity index (χ1v) is 9.05. The average Bonchev–Trinajstić information content (AvgIpc) is 3.10. The van der Waals surface area contributed by atoms with Crippen molar-refractivity contribution < 1.29 is 28.8 Å². The van der Waals surface area contributed by atoms with Gasteiger partial charge in [0.05, 0.1) is 6.61 Å². The molecule has 2 heterocycles. The van der Waals surface area contributed by atoms with Gasteiger partial charge in [0, 0.05) is 18.5 Å². The lowest BCUT2D eigenvalue weighted by atomic mass is 9.78. The van der Waals surface area contributed by atoms with Crippen LogP contribution in [0.5, 0.6) is 0 Å². The van der Waals surface area contributed by atoms with Crippen LogP contribution >= 0.6 is 0 Å². The van der Waals surface area contributed by atoms with Crippen LogP contribution in [-0.2, 0) is 19.1 Å². The van der Waals surface area contributed by atoms with E-state index in [0.29, 0.717) is 12.0 Å². The number of likely N-dealkylation sites (tertiary alicyclic amines) is 1. The van der Waals surface area contributed by atoms with Crippen molar-refractivity contribution in [3.63, 3.8) is 0 Å². The van der Waals surface area contributed by atoms with Gasteiger partial charge in [-0.1, -0.05) is 25.1 Å². The highest BCUT2D eigenvalue weighted by Crippen LogP contribution is 2.46. The molecule has 6 nitrogen and oxygen atoms in total. The van der Waals surface area contributed by atoms with Crippen molar-refractivity contribution >= 4 is 17.8 Å². The van der Waals surface area contributed by atoms with Gasteiger partial charge in [0.15, 0.2) is 0 Å². The van der Waals surface area contributed by atoms with E-state index in [2.05, 4.69) is 0 Å². The van der Waals surface area contributed by atoms with Gasteiger partial charge in [-0.15, -0.1) is 0 Å². The molecule has 2 aliphatic rings. The summed E-state index contributed by atoms with van der Waals surface area (Å²) in [5, 5.41) is 1.68. The van der Waals surface area contributed by atoms with Crippen LogP contribution in [0.15, 0.2) is 24.3 Å². The van der Waals surface area contributed by atoms with Gasteiger partial charge >= 0.3 is 5.97 Å². The summed E-state index contributed by atoms with van der Waals surface area (Å²) in [6.45, 7) is 5.62. The number of fused-ring (bicyclic) bond motifs is 1. The molecule has 1 aromatic rings. The highest BCUT2D eigenvalue weighted by Gasteiger charge is 2.71. The van der Waals surface area contributed by atoms with Gasteiger partial charge in [-0.2, -0.15) is 0 Å². The van der Waals surface area contributed by atoms with Crippen molar-refractivity contribution in [2.24, 2.45) is 11.8 Å². The summed E-state index contributed by atoms with van der Waals surface area (Å²) in [5.74, 6) is -3.29. The Labute approximate surface area is 151 Å². The van der Waals surface area contributed by atoms with Crippen LogP contribution in [-0.4, -0.2) is 41.4 Å². The van der Waals surface area contributed by atoms with Crippen LogP contribution in [0.25, 0.3) is 0 Å². The van der Waals surface area contributed by atoms with Crippen molar-refractivity contribution in [1.29, 1.82) is 0 Å². The first-order chi connectivity index (χ1) is 12.4. The number of hydrogen-bond donors (Lipinski definition) is 1. The second kappa shape index (κ2) is 6.79. The van der Waals surface area contributed by atoms with Crippen molar-refractivity contribution in [3.05, 3.63) is 35.6 Å². The minimum atomic E-state index is -1.22. The van der Waals surface area contributed by atoms with E-state index in [-0.39, 0.29) is 25.0 Å². The number of ether oxygens (including phenoxy) is 1. The second-order valence-corrected chi connectivity index (χ2v) is 6.75. The Morgan fingerprint density at radius 3 is 2.50 bits per heavy atom. The van der Waals surface area contributed by atoms with Crippen LogP contribution < -0.4 is 5.32 Å². The third-order valence-electron chi connectivity index (χ3n) is 5.68. The summed E-state index contributed by atoms with van der Waals surface area (Å²) >= 11 is 0. The summed E-state index contributed by atoms with van der Waals surface area (Å²) in [6.07, 6.45) is 0.314. The van der Waals surface area contributed by atoms with Gasteiger partial charge < -0.3 is 10.1 Å². The van der Waals surface area contributed by atoms with E-state index in [9.17, 15) is 18.8 Å². The summed E-state index contributed by atoms with van der Waals surface area (Å²) in [7, 11) is 0. The zero-order chi connectivity index (χ0) is 19.1. The number of amides is 2. The number of imide groups is 1. The summed E-state index contributed by atoms with van der Waals surface area (Å²) < 4.78 is 19.7. The number of nitrogens with two attached hydrogens (primary N) is 1. The van der Waals surface area contributed by atoms with Crippen molar-refractivity contribution in [2.75, 3.05) is 13.2 Å². The molecule has 2 fully saturated rings. The molecule has 4 atom stereocenters. The Kier molecular flexibility index (Phi) is 4.84. The van der Waals surface area contributed by atoms with E-state index < -0.39 is 35.2 Å². The van der Waals surface area contributed by atoms with E-state index in [0.717, 1.165) is 0 Å². The predicted octanol–water partition coefficient (Wildman–Crippen LogP) is 0.777. The van der Waals surface area contributed by atoms with Crippen molar-refractivity contribution in [2.45, 2.75) is 38.8 Å². The molecule has 2 saturated heterocycles. The molecule has 0 spiro atoms. The largest absolute Gasteiger partial charge is 0.461 e. The lowest BCUT2D eigenvalue weighted by molar-refractivity contribution is -0.734. The number of rotatable bonds is 5. The zero-order valence-corrected chi connectivity index (χ0v) is 15.2. The lowest BCUT2D eigenvalue weighted by Crippen LogP contribution is -2.98. The molecular formula is C19H24FN2O4+. The molecule has 3 rings (SSSR count). The van der Waals surface area contributed by atoms with Crippen LogP contribution in [0.3, 0.4) is 0 Å². The average molecular weight is 363 g/mol. The first-order valence-electron chi connectivity index (χ1n) is 9.05. The fourth-order valence-electron chi connectivity index (χ4n) is 4.46. The molecule has 0 aromatic heterocycles. The summed E-state index contributed by atoms with van der Waals surface area (Å²) in [5.41, 5.74) is -0.883. The Bertz CT molecular complexity index is 753. The van der Waals surface area contributed by atoms with Crippen molar-refractivity contribution in [3.8, 4) is 0 Å². The predicted molar refractivity (Wildman–Crippen MR) is 90.1 cm³/mol. The highest BCUT2D eigenvalue weighted by molar-refractivity contribution is 6.08. The highest BCUT2D eigenvalue weighted by atomic mass is 19.1. The molecule has 0 aliphatic carbocycles. The summed E-state index contributed by atoms with van der Waals surface area (Å²) in [6, 6.07) is 5.56. The molecule has 2 amide bonds. The van der Waals surface area contributed by atoms with E-state index in [1.54, 1.807) is 44.3 Å². The number of esters is 1. The smallest absolute Gasteiger partial charge is 0.368 e. The minimum absolute atomic E-state index is 0.176. The minimum Gasteiger partial charge on any atom is -0.461 e. The Hall–Kier alpha value is -2.28. The molecule has 140 valence electrons. The Morgan fingerprint density at radius 1 is 1.23 bits per heavy atom. The monoisotopic (exact) mass is 363 g/mol. The van der Waals surface area contributed by atoms with Gasteiger partial charge in [-0.25, -0.2) is 9.18 Å². The standard InChI is InChI=1S/C19H23FN2O4/c1-4-19(18(25)26-6-3)14-13(16(23)22(5-2)17(14)24)15(21-19)11-9-7-8-10-12(11)20/h7-10,13-15,21H,4-6H2,1-3H3/p+1/t13-,14-,15-,19+/m0/s1. The Morgan fingerprint density at radius 2 is 1.92 bits per heavy atom. The fraction of sp³-hybridized carbons (Fsp3) is 0.526. The molecule has 2 aliphatic heterocycles. The quantitative estimate of drug-likeness (QED) is 0.619. The zero-order valence-electron chi connectivity index (χ0n) is 15.2. The normalized spacial score (nSPS) is 30.6. The number of benzene rings is 1. The van der Waals surface area contributed by atoms with Crippen LogP contribution in [0.2, 0.25) is 0 Å². The first kappa shape index (κ1) is 18.5. The van der Waals surface area contributed by atoms with Gasteiger partial charge in [-0.05, 0) is 19.9 Å². The third-order valence-corrected chi connectivity index (χ3v) is 5.68. The summed E-state index contributed by atoms with van der Waals surface area (Å²) in [4.78, 5) is 39.9. The van der Waals surface area contributed by atoms with E-state index in [1.807, 2.05) is 0 Å². The molecule has 7 heteroatoms. The molecule has 0 saturated carbocycles. The number of halogens is 1. The van der Waals surface area contributed by atoms with Gasteiger partial charge in [0.25, 0.3) is 0 Å². The molecule has 0 unspecified atom stereocenters. The second-order valence-electron chi connectivity index (χ2n) is 6.75. The van der Waals surface area contributed by atoms with E-state index in [4.69, 9.17) is 4.74 Å². The third kappa shape index (κ3) is 2.45. The number of carbonyl (C=O) groups excluding carboxylic acids is 3. The van der Waals surface area contributed by atoms with Crippen LogP contribution in [0, 0.1) is 17.7 Å². The molecule has 2 N–H and O–H groups in total. The maximum absolute atomic E-state index is 14.5. The topological polar surface area (TPSA) is 80.3 Å². The fourth-order valence-corrected chi connectivity index (χ4v) is 4.46. The SMILES string of the molecule is CCOC(=O)[C@]1(CC)[NH2+][C@@H](c2ccccc2F)[C@H]2C(=O)N(CC)C(=O)[C@H]21. The number of nitrogens with zero attached hydrogens (tertiary/aromatic N) is 1. The molecule has 0 bridgehead atoms. The van der Waals surface area contributed by atoms with Gasteiger partial charge in [0.1, 0.15) is 23.7 Å². The lowest BCUT2D eigenvalue weighted by Gasteiger charge is -2.28.